The third kappa shape index (κ3) is 4.74. The van der Waals surface area contributed by atoms with Gasteiger partial charge in [0, 0.05) is 49.4 Å². The lowest BCUT2D eigenvalue weighted by Gasteiger charge is -2.09. The lowest BCUT2D eigenvalue weighted by molar-refractivity contribution is -0.128. The molecule has 2 amide bonds. The van der Waals surface area contributed by atoms with Crippen molar-refractivity contribution in [1.82, 2.24) is 14.7 Å². The van der Waals surface area contributed by atoms with Crippen LogP contribution in [0.5, 0.6) is 0 Å². The van der Waals surface area contributed by atoms with Crippen LogP contribution in [-0.4, -0.2) is 40.6 Å². The molecule has 6 nitrogen and oxygen atoms in total. The molecule has 3 rings (SSSR count). The van der Waals surface area contributed by atoms with E-state index in [1.54, 1.807) is 35.9 Å². The Morgan fingerprint density at radius 1 is 1.19 bits per heavy atom. The summed E-state index contributed by atoms with van der Waals surface area (Å²) >= 11 is 3.46. The van der Waals surface area contributed by atoms with Gasteiger partial charge in [0.05, 0.1) is 0 Å². The van der Waals surface area contributed by atoms with Crippen molar-refractivity contribution in [1.29, 1.82) is 0 Å². The summed E-state index contributed by atoms with van der Waals surface area (Å²) in [6, 6.07) is 13.3. The zero-order chi connectivity index (χ0) is 19.4. The summed E-state index contributed by atoms with van der Waals surface area (Å²) in [4.78, 5) is 25.9. The highest BCUT2D eigenvalue weighted by atomic mass is 79.9. The second-order valence-electron chi connectivity index (χ2n) is 6.48. The number of nitrogens with zero attached hydrogens (tertiary/aromatic N) is 3. The molecular formula is C20H21BrN4O2. The number of aryl methyl sites for hydroxylation is 1. The third-order valence-electron chi connectivity index (χ3n) is 4.23. The van der Waals surface area contributed by atoms with Crippen molar-refractivity contribution in [3.05, 3.63) is 58.7 Å². The van der Waals surface area contributed by atoms with Gasteiger partial charge in [-0.15, -0.1) is 0 Å². The zero-order valence-electron chi connectivity index (χ0n) is 15.3. The van der Waals surface area contributed by atoms with E-state index in [-0.39, 0.29) is 11.8 Å². The SMILES string of the molecule is CN(C)C(=O)CCCn1ccc(NC(=O)c2cc(Br)cc3ccccc23)n1. The van der Waals surface area contributed by atoms with Gasteiger partial charge in [-0.2, -0.15) is 5.10 Å². The summed E-state index contributed by atoms with van der Waals surface area (Å²) in [5, 5.41) is 9.10. The van der Waals surface area contributed by atoms with Crippen LogP contribution in [0.4, 0.5) is 5.82 Å². The first-order valence-electron chi connectivity index (χ1n) is 8.67. The van der Waals surface area contributed by atoms with E-state index < -0.39 is 0 Å². The smallest absolute Gasteiger partial charge is 0.257 e. The molecule has 0 aliphatic heterocycles. The van der Waals surface area contributed by atoms with E-state index in [2.05, 4.69) is 26.3 Å². The molecular weight excluding hydrogens is 408 g/mol. The van der Waals surface area contributed by atoms with Gasteiger partial charge in [-0.05, 0) is 29.3 Å². The van der Waals surface area contributed by atoms with E-state index in [0.29, 0.717) is 30.8 Å². The average molecular weight is 429 g/mol. The van der Waals surface area contributed by atoms with E-state index in [4.69, 9.17) is 0 Å². The molecule has 1 heterocycles. The second-order valence-corrected chi connectivity index (χ2v) is 7.40. The summed E-state index contributed by atoms with van der Waals surface area (Å²) in [7, 11) is 3.49. The molecule has 0 atom stereocenters. The average Bonchev–Trinajstić information content (AvgIpc) is 3.07. The van der Waals surface area contributed by atoms with Crippen molar-refractivity contribution in [2.24, 2.45) is 0 Å². The first-order valence-corrected chi connectivity index (χ1v) is 9.46. The molecule has 3 aromatic rings. The van der Waals surface area contributed by atoms with Crippen molar-refractivity contribution >= 4 is 44.3 Å². The lowest BCUT2D eigenvalue weighted by atomic mass is 10.0. The molecule has 140 valence electrons. The summed E-state index contributed by atoms with van der Waals surface area (Å²) in [6.45, 7) is 0.620. The van der Waals surface area contributed by atoms with Crippen LogP contribution in [-0.2, 0) is 11.3 Å². The molecule has 27 heavy (non-hydrogen) atoms. The van der Waals surface area contributed by atoms with Crippen molar-refractivity contribution in [3.63, 3.8) is 0 Å². The van der Waals surface area contributed by atoms with Gasteiger partial charge < -0.3 is 10.2 Å². The van der Waals surface area contributed by atoms with Crippen LogP contribution >= 0.6 is 15.9 Å². The summed E-state index contributed by atoms with van der Waals surface area (Å²) in [5.74, 6) is 0.376. The fourth-order valence-electron chi connectivity index (χ4n) is 2.81. The Bertz CT molecular complexity index is 981. The highest BCUT2D eigenvalue weighted by Crippen LogP contribution is 2.25. The van der Waals surface area contributed by atoms with Crippen LogP contribution in [0.15, 0.2) is 53.1 Å². The number of anilines is 1. The zero-order valence-corrected chi connectivity index (χ0v) is 16.9. The molecule has 2 aromatic carbocycles. The predicted octanol–water partition coefficient (Wildman–Crippen LogP) is 3.92. The van der Waals surface area contributed by atoms with Gasteiger partial charge >= 0.3 is 0 Å². The number of carbonyl (C=O) groups is 2. The Morgan fingerprint density at radius 2 is 1.96 bits per heavy atom. The van der Waals surface area contributed by atoms with Gasteiger partial charge in [0.1, 0.15) is 0 Å². The predicted molar refractivity (Wildman–Crippen MR) is 110 cm³/mol. The summed E-state index contributed by atoms with van der Waals surface area (Å²) in [6.07, 6.45) is 2.97. The Morgan fingerprint density at radius 3 is 2.74 bits per heavy atom. The lowest BCUT2D eigenvalue weighted by Crippen LogP contribution is -2.21. The van der Waals surface area contributed by atoms with Crippen LogP contribution in [0, 0.1) is 0 Å². The largest absolute Gasteiger partial charge is 0.349 e. The number of nitrogens with one attached hydrogen (secondary N) is 1. The molecule has 0 bridgehead atoms. The standard InChI is InChI=1S/C20H21BrN4O2/c1-24(2)19(26)8-5-10-25-11-9-18(23-25)22-20(27)17-13-15(21)12-14-6-3-4-7-16(14)17/h3-4,6-7,9,11-13H,5,8,10H2,1-2H3,(H,22,23,27). The van der Waals surface area contributed by atoms with Crippen LogP contribution in [0.1, 0.15) is 23.2 Å². The quantitative estimate of drug-likeness (QED) is 0.646. The number of carbonyl (C=O) groups excluding carboxylic acids is 2. The molecule has 0 saturated carbocycles. The van der Waals surface area contributed by atoms with E-state index in [1.165, 1.54) is 0 Å². The first kappa shape index (κ1) is 19.1. The number of aromatic nitrogens is 2. The van der Waals surface area contributed by atoms with Gasteiger partial charge in [-0.25, -0.2) is 0 Å². The van der Waals surface area contributed by atoms with Crippen molar-refractivity contribution < 1.29 is 9.59 Å². The number of hydrogen-bond acceptors (Lipinski definition) is 3. The van der Waals surface area contributed by atoms with Gasteiger partial charge in [-0.3, -0.25) is 14.3 Å². The maximum atomic E-state index is 12.7. The molecule has 1 aromatic heterocycles. The van der Waals surface area contributed by atoms with E-state index in [9.17, 15) is 9.59 Å². The van der Waals surface area contributed by atoms with Crippen LogP contribution in [0.25, 0.3) is 10.8 Å². The Kier molecular flexibility index (Phi) is 5.91. The minimum absolute atomic E-state index is 0.0946. The number of fused-ring (bicyclic) bond motifs is 1. The molecule has 0 saturated heterocycles. The second kappa shape index (κ2) is 8.35. The van der Waals surface area contributed by atoms with E-state index in [0.717, 1.165) is 15.2 Å². The van der Waals surface area contributed by atoms with Crippen molar-refractivity contribution in [3.8, 4) is 0 Å². The molecule has 0 unspecified atom stereocenters. The monoisotopic (exact) mass is 428 g/mol. The molecule has 0 aliphatic carbocycles. The third-order valence-corrected chi connectivity index (χ3v) is 4.69. The maximum Gasteiger partial charge on any atom is 0.257 e. The highest BCUT2D eigenvalue weighted by molar-refractivity contribution is 9.10. The minimum Gasteiger partial charge on any atom is -0.349 e. The molecule has 0 fully saturated rings. The van der Waals surface area contributed by atoms with Crippen LogP contribution in [0.2, 0.25) is 0 Å². The fraction of sp³-hybridized carbons (Fsp3) is 0.250. The number of benzene rings is 2. The molecule has 0 aliphatic rings. The van der Waals surface area contributed by atoms with Crippen molar-refractivity contribution in [2.75, 3.05) is 19.4 Å². The van der Waals surface area contributed by atoms with Gasteiger partial charge in [-0.1, -0.05) is 40.2 Å². The van der Waals surface area contributed by atoms with Crippen LogP contribution in [0.3, 0.4) is 0 Å². The highest BCUT2D eigenvalue weighted by Gasteiger charge is 2.13. The number of rotatable bonds is 6. The van der Waals surface area contributed by atoms with E-state index >= 15 is 0 Å². The number of halogens is 1. The molecule has 7 heteroatoms. The Labute approximate surface area is 166 Å². The number of hydrogen-bond donors (Lipinski definition) is 1. The van der Waals surface area contributed by atoms with Gasteiger partial charge in [0.25, 0.3) is 5.91 Å². The molecule has 1 N–H and O–H groups in total. The fourth-order valence-corrected chi connectivity index (χ4v) is 3.29. The normalized spacial score (nSPS) is 10.8. The Hall–Kier alpha value is -2.67. The molecule has 0 spiro atoms. The summed E-state index contributed by atoms with van der Waals surface area (Å²) < 4.78 is 2.58. The Balaban J connectivity index is 1.67. The topological polar surface area (TPSA) is 67.2 Å². The molecule has 0 radical (unpaired) electrons. The van der Waals surface area contributed by atoms with Crippen molar-refractivity contribution in [2.45, 2.75) is 19.4 Å². The first-order chi connectivity index (χ1) is 12.9. The van der Waals surface area contributed by atoms with Gasteiger partial charge in [0.2, 0.25) is 5.91 Å². The summed E-state index contributed by atoms with van der Waals surface area (Å²) in [5.41, 5.74) is 0.589. The van der Waals surface area contributed by atoms with Gasteiger partial charge in [0.15, 0.2) is 5.82 Å². The van der Waals surface area contributed by atoms with E-state index in [1.807, 2.05) is 36.4 Å². The van der Waals surface area contributed by atoms with Crippen LogP contribution < -0.4 is 5.32 Å². The number of amides is 2. The minimum atomic E-state index is -0.208. The maximum absolute atomic E-state index is 12.7.